The summed E-state index contributed by atoms with van der Waals surface area (Å²) in [5.74, 6) is 0.577. The van der Waals surface area contributed by atoms with E-state index in [1.54, 1.807) is 24.2 Å². The third kappa shape index (κ3) is 5.17. The van der Waals surface area contributed by atoms with Gasteiger partial charge in [0.15, 0.2) is 0 Å². The molecule has 0 spiro atoms. The largest absolute Gasteiger partial charge is 0.496 e. The van der Waals surface area contributed by atoms with Crippen molar-refractivity contribution in [3.8, 4) is 5.75 Å². The Morgan fingerprint density at radius 3 is 2.54 bits per heavy atom. The van der Waals surface area contributed by atoms with Crippen molar-refractivity contribution in [2.24, 2.45) is 5.92 Å². The van der Waals surface area contributed by atoms with Gasteiger partial charge in [-0.2, -0.15) is 0 Å². The first-order valence-electron chi connectivity index (χ1n) is 12.7. The monoisotopic (exact) mass is 528 g/mol. The van der Waals surface area contributed by atoms with Crippen LogP contribution in [0.15, 0.2) is 35.1 Å². The average molecular weight is 529 g/mol. The Kier molecular flexibility index (Phi) is 7.80. The van der Waals surface area contributed by atoms with E-state index in [-0.39, 0.29) is 35.7 Å². The molecule has 0 bridgehead atoms. The Bertz CT molecular complexity index is 1470. The maximum absolute atomic E-state index is 13.5. The minimum atomic E-state index is -3.18. The summed E-state index contributed by atoms with van der Waals surface area (Å²) in [5, 5.41) is 3.77. The molecule has 0 unspecified atom stereocenters. The van der Waals surface area contributed by atoms with Gasteiger partial charge in [-0.15, -0.1) is 0 Å². The molecule has 1 aliphatic rings. The normalized spacial score (nSPS) is 16.1. The standard InChI is InChI=1S/C27H36N4O5S/c1-6-37(34,35)30-13-11-20(12-14-30)18(3)31-19(4)25(21-9-7-8-10-23(21)31)27(33)28-16-22-24(36-5)15-17(2)29-26(22)32/h7-10,15,18,20H,6,11-14,16H2,1-5H3,(H,28,33)(H,29,32)/t18-/m0/s1. The van der Waals surface area contributed by atoms with Gasteiger partial charge in [0.25, 0.3) is 11.5 Å². The Hall–Kier alpha value is -3.11. The lowest BCUT2D eigenvalue weighted by Gasteiger charge is -2.35. The molecule has 1 aliphatic heterocycles. The summed E-state index contributed by atoms with van der Waals surface area (Å²) in [5.41, 5.74) is 3.15. The first kappa shape index (κ1) is 26.9. The number of pyridine rings is 1. The molecule has 0 aliphatic carbocycles. The van der Waals surface area contributed by atoms with E-state index in [9.17, 15) is 18.0 Å². The third-order valence-electron chi connectivity index (χ3n) is 7.60. The molecule has 3 heterocycles. The summed E-state index contributed by atoms with van der Waals surface area (Å²) in [4.78, 5) is 28.7. The van der Waals surface area contributed by atoms with E-state index >= 15 is 0 Å². The summed E-state index contributed by atoms with van der Waals surface area (Å²) < 4.78 is 33.8. The van der Waals surface area contributed by atoms with Gasteiger partial charge in [-0.05, 0) is 58.6 Å². The summed E-state index contributed by atoms with van der Waals surface area (Å²) in [6, 6.07) is 9.64. The van der Waals surface area contributed by atoms with Crippen molar-refractivity contribution in [2.75, 3.05) is 26.0 Å². The molecular formula is C27H36N4O5S. The number of nitrogens with zero attached hydrogens (tertiary/aromatic N) is 2. The number of aryl methyl sites for hydroxylation is 1. The van der Waals surface area contributed by atoms with Crippen molar-refractivity contribution < 1.29 is 17.9 Å². The van der Waals surface area contributed by atoms with Crippen molar-refractivity contribution in [3.05, 3.63) is 63.2 Å². The maximum atomic E-state index is 13.5. The number of ether oxygens (including phenoxy) is 1. The van der Waals surface area contributed by atoms with E-state index in [1.165, 1.54) is 7.11 Å². The summed E-state index contributed by atoms with van der Waals surface area (Å²) in [6.07, 6.45) is 1.54. The van der Waals surface area contributed by atoms with Crippen molar-refractivity contribution in [1.82, 2.24) is 19.2 Å². The van der Waals surface area contributed by atoms with Crippen LogP contribution < -0.4 is 15.6 Å². The fourth-order valence-electron chi connectivity index (χ4n) is 5.53. The minimum absolute atomic E-state index is 0.0382. The first-order valence-corrected chi connectivity index (χ1v) is 14.3. The van der Waals surface area contributed by atoms with Crippen LogP contribution in [0.3, 0.4) is 0 Å². The lowest BCUT2D eigenvalue weighted by molar-refractivity contribution is 0.0951. The van der Waals surface area contributed by atoms with Crippen LogP contribution >= 0.6 is 0 Å². The minimum Gasteiger partial charge on any atom is -0.496 e. The SMILES string of the molecule is CCS(=O)(=O)N1CCC([C@H](C)n2c(C)c(C(=O)NCc3c(OC)cc(C)[nH]c3=O)c3ccccc32)CC1. The quantitative estimate of drug-likeness (QED) is 0.465. The molecule has 3 aromatic rings. The van der Waals surface area contributed by atoms with Crippen LogP contribution in [0.2, 0.25) is 0 Å². The number of aromatic amines is 1. The third-order valence-corrected chi connectivity index (χ3v) is 9.49. The molecule has 2 N–H and O–H groups in total. The zero-order chi connectivity index (χ0) is 26.9. The molecule has 200 valence electrons. The number of aromatic nitrogens is 2. The molecular weight excluding hydrogens is 492 g/mol. The number of piperidine rings is 1. The van der Waals surface area contributed by atoms with Gasteiger partial charge in [0.1, 0.15) is 5.75 Å². The Morgan fingerprint density at radius 1 is 1.22 bits per heavy atom. The zero-order valence-electron chi connectivity index (χ0n) is 22.1. The highest BCUT2D eigenvalue weighted by molar-refractivity contribution is 7.89. The number of nitrogens with one attached hydrogen (secondary N) is 2. The summed E-state index contributed by atoms with van der Waals surface area (Å²) in [7, 11) is -1.68. The van der Waals surface area contributed by atoms with Crippen molar-refractivity contribution in [3.63, 3.8) is 0 Å². The zero-order valence-corrected chi connectivity index (χ0v) is 22.9. The molecule has 37 heavy (non-hydrogen) atoms. The number of amides is 1. The first-order chi connectivity index (χ1) is 17.6. The molecule has 0 saturated carbocycles. The number of rotatable bonds is 8. The number of benzene rings is 1. The Labute approximate surface area is 217 Å². The van der Waals surface area contributed by atoms with Crippen molar-refractivity contribution in [2.45, 2.75) is 53.1 Å². The second kappa shape index (κ2) is 10.7. The van der Waals surface area contributed by atoms with E-state index in [0.717, 1.165) is 29.4 Å². The number of H-pyrrole nitrogens is 1. The van der Waals surface area contributed by atoms with Crippen LogP contribution in [-0.4, -0.2) is 54.1 Å². The number of para-hydroxylation sites is 1. The van der Waals surface area contributed by atoms with E-state index in [4.69, 9.17) is 4.74 Å². The summed E-state index contributed by atoms with van der Waals surface area (Å²) >= 11 is 0. The van der Waals surface area contributed by atoms with Gasteiger partial charge in [0.2, 0.25) is 10.0 Å². The molecule has 2 aromatic heterocycles. The second-order valence-corrected chi connectivity index (χ2v) is 12.0. The number of hydrogen-bond donors (Lipinski definition) is 2. The van der Waals surface area contributed by atoms with Gasteiger partial charge in [0, 0.05) is 41.4 Å². The van der Waals surface area contributed by atoms with Gasteiger partial charge in [-0.3, -0.25) is 9.59 Å². The molecule has 1 atom stereocenters. The molecule has 0 radical (unpaired) electrons. The van der Waals surface area contributed by atoms with E-state index in [1.807, 2.05) is 31.2 Å². The fraction of sp³-hybridized carbons (Fsp3) is 0.481. The highest BCUT2D eigenvalue weighted by atomic mass is 32.2. The lowest BCUT2D eigenvalue weighted by atomic mass is 9.91. The van der Waals surface area contributed by atoms with Crippen LogP contribution in [0.5, 0.6) is 5.75 Å². The molecule has 1 amide bonds. The second-order valence-electron chi connectivity index (χ2n) is 9.74. The van der Waals surface area contributed by atoms with Crippen molar-refractivity contribution in [1.29, 1.82) is 0 Å². The fourth-order valence-corrected chi connectivity index (χ4v) is 6.66. The number of carbonyl (C=O) groups excluding carboxylic acids is 1. The van der Waals surface area contributed by atoms with Gasteiger partial charge >= 0.3 is 0 Å². The van der Waals surface area contributed by atoms with Gasteiger partial charge in [-0.25, -0.2) is 12.7 Å². The Morgan fingerprint density at radius 2 is 1.89 bits per heavy atom. The van der Waals surface area contributed by atoms with Gasteiger partial charge in [0.05, 0.1) is 30.5 Å². The predicted octanol–water partition coefficient (Wildman–Crippen LogP) is 3.51. The van der Waals surface area contributed by atoms with E-state index in [0.29, 0.717) is 35.7 Å². The average Bonchev–Trinajstić information content (AvgIpc) is 3.18. The molecule has 1 fully saturated rings. The number of carbonyl (C=O) groups is 1. The Balaban J connectivity index is 1.61. The van der Waals surface area contributed by atoms with E-state index < -0.39 is 10.0 Å². The van der Waals surface area contributed by atoms with Crippen LogP contribution in [0, 0.1) is 19.8 Å². The number of sulfonamides is 1. The molecule has 1 saturated heterocycles. The maximum Gasteiger partial charge on any atom is 0.256 e. The molecule has 1 aromatic carbocycles. The summed E-state index contributed by atoms with van der Waals surface area (Å²) in [6.45, 7) is 8.62. The van der Waals surface area contributed by atoms with Gasteiger partial charge < -0.3 is 19.6 Å². The highest BCUT2D eigenvalue weighted by Crippen LogP contribution is 2.36. The highest BCUT2D eigenvalue weighted by Gasteiger charge is 2.32. The van der Waals surface area contributed by atoms with Crippen molar-refractivity contribution >= 4 is 26.8 Å². The molecule has 10 heteroatoms. The number of methoxy groups -OCH3 is 1. The molecule has 9 nitrogen and oxygen atoms in total. The van der Waals surface area contributed by atoms with Crippen LogP contribution in [-0.2, 0) is 16.6 Å². The lowest BCUT2D eigenvalue weighted by Crippen LogP contribution is -2.40. The smallest absolute Gasteiger partial charge is 0.256 e. The van der Waals surface area contributed by atoms with Gasteiger partial charge in [-0.1, -0.05) is 18.2 Å². The van der Waals surface area contributed by atoms with E-state index in [2.05, 4.69) is 21.8 Å². The number of hydrogen-bond acceptors (Lipinski definition) is 5. The number of fused-ring (bicyclic) bond motifs is 1. The predicted molar refractivity (Wildman–Crippen MR) is 145 cm³/mol. The van der Waals surface area contributed by atoms with Crippen LogP contribution in [0.4, 0.5) is 0 Å². The topological polar surface area (TPSA) is 114 Å². The van der Waals surface area contributed by atoms with Crippen LogP contribution in [0.1, 0.15) is 60.0 Å². The molecule has 4 rings (SSSR count). The van der Waals surface area contributed by atoms with Crippen LogP contribution in [0.25, 0.3) is 10.9 Å².